The summed E-state index contributed by atoms with van der Waals surface area (Å²) < 4.78 is 41.5. The van der Waals surface area contributed by atoms with Crippen molar-refractivity contribution in [3.8, 4) is 11.3 Å². The molecule has 0 aliphatic rings. The standard InChI is InChI=1S/C15H9F3N4OS/c16-15(17,18)10-3-1-9(2-4-10)11-5-6-13(21-20-11)19-14(23)12-7-8-24-22-12/h1-8H,(H,19,21,23). The Balaban J connectivity index is 1.73. The molecule has 0 unspecified atom stereocenters. The van der Waals surface area contributed by atoms with Crippen LogP contribution in [0.25, 0.3) is 11.3 Å². The number of amides is 1. The topological polar surface area (TPSA) is 67.8 Å². The molecule has 2 heterocycles. The molecule has 0 radical (unpaired) electrons. The third-order valence-corrected chi connectivity index (χ3v) is 3.64. The highest BCUT2D eigenvalue weighted by atomic mass is 32.1. The summed E-state index contributed by atoms with van der Waals surface area (Å²) in [4.78, 5) is 11.8. The van der Waals surface area contributed by atoms with Crippen LogP contribution in [-0.4, -0.2) is 20.5 Å². The SMILES string of the molecule is O=C(Nc1ccc(-c2ccc(C(F)(F)F)cc2)nn1)c1ccsn1. The lowest BCUT2D eigenvalue weighted by Gasteiger charge is -2.07. The molecular weight excluding hydrogens is 341 g/mol. The van der Waals surface area contributed by atoms with E-state index in [1.54, 1.807) is 17.5 Å². The van der Waals surface area contributed by atoms with Crippen LogP contribution >= 0.6 is 11.5 Å². The van der Waals surface area contributed by atoms with Crippen LogP contribution in [0.4, 0.5) is 19.0 Å². The quantitative estimate of drug-likeness (QED) is 0.779. The summed E-state index contributed by atoms with van der Waals surface area (Å²) >= 11 is 1.15. The van der Waals surface area contributed by atoms with Crippen LogP contribution in [0.1, 0.15) is 16.1 Å². The predicted molar refractivity (Wildman–Crippen MR) is 82.5 cm³/mol. The predicted octanol–water partition coefficient (Wildman–Crippen LogP) is 3.87. The molecule has 1 amide bonds. The first kappa shape index (κ1) is 16.1. The van der Waals surface area contributed by atoms with Crippen molar-refractivity contribution in [2.75, 3.05) is 5.32 Å². The van der Waals surface area contributed by atoms with Gasteiger partial charge in [-0.15, -0.1) is 10.2 Å². The number of anilines is 1. The second kappa shape index (κ2) is 6.36. The minimum absolute atomic E-state index is 0.226. The monoisotopic (exact) mass is 350 g/mol. The van der Waals surface area contributed by atoms with E-state index >= 15 is 0 Å². The Morgan fingerprint density at radius 1 is 1.00 bits per heavy atom. The first-order valence-electron chi connectivity index (χ1n) is 6.66. The van der Waals surface area contributed by atoms with Gasteiger partial charge in [0.15, 0.2) is 5.82 Å². The van der Waals surface area contributed by atoms with Crippen molar-refractivity contribution in [3.05, 3.63) is 59.1 Å². The highest BCUT2D eigenvalue weighted by molar-refractivity contribution is 7.03. The van der Waals surface area contributed by atoms with Gasteiger partial charge in [-0.1, -0.05) is 12.1 Å². The van der Waals surface area contributed by atoms with Gasteiger partial charge in [-0.25, -0.2) is 0 Å². The van der Waals surface area contributed by atoms with Crippen LogP contribution in [-0.2, 0) is 6.18 Å². The fourth-order valence-electron chi connectivity index (χ4n) is 1.89. The highest BCUT2D eigenvalue weighted by Crippen LogP contribution is 2.30. The van der Waals surface area contributed by atoms with Gasteiger partial charge in [0.2, 0.25) is 0 Å². The number of nitrogens with one attached hydrogen (secondary N) is 1. The van der Waals surface area contributed by atoms with Gasteiger partial charge in [0, 0.05) is 10.9 Å². The van der Waals surface area contributed by atoms with Crippen molar-refractivity contribution in [1.82, 2.24) is 14.6 Å². The number of carbonyl (C=O) groups is 1. The normalized spacial score (nSPS) is 11.3. The van der Waals surface area contributed by atoms with Gasteiger partial charge in [-0.3, -0.25) is 4.79 Å². The minimum atomic E-state index is -4.38. The zero-order valence-electron chi connectivity index (χ0n) is 11.9. The zero-order valence-corrected chi connectivity index (χ0v) is 12.7. The molecule has 24 heavy (non-hydrogen) atoms. The fourth-order valence-corrected chi connectivity index (χ4v) is 2.40. The second-order valence-electron chi connectivity index (χ2n) is 4.72. The fraction of sp³-hybridized carbons (Fsp3) is 0.0667. The van der Waals surface area contributed by atoms with Gasteiger partial charge in [-0.05, 0) is 41.9 Å². The van der Waals surface area contributed by atoms with Gasteiger partial charge in [0.25, 0.3) is 5.91 Å². The van der Waals surface area contributed by atoms with Crippen LogP contribution < -0.4 is 5.32 Å². The van der Waals surface area contributed by atoms with Crippen molar-refractivity contribution in [2.45, 2.75) is 6.18 Å². The molecule has 5 nitrogen and oxygen atoms in total. The number of benzene rings is 1. The molecule has 0 saturated carbocycles. The summed E-state index contributed by atoms with van der Waals surface area (Å²) in [6.45, 7) is 0. The maximum absolute atomic E-state index is 12.5. The summed E-state index contributed by atoms with van der Waals surface area (Å²) in [5.41, 5.74) is 0.434. The van der Waals surface area contributed by atoms with E-state index in [4.69, 9.17) is 0 Å². The van der Waals surface area contributed by atoms with E-state index in [0.29, 0.717) is 11.3 Å². The van der Waals surface area contributed by atoms with Gasteiger partial charge in [0.1, 0.15) is 5.69 Å². The van der Waals surface area contributed by atoms with E-state index in [0.717, 1.165) is 23.7 Å². The molecule has 1 N–H and O–H groups in total. The molecule has 0 bridgehead atoms. The summed E-state index contributed by atoms with van der Waals surface area (Å²) in [6, 6.07) is 9.26. The first-order chi connectivity index (χ1) is 11.4. The lowest BCUT2D eigenvalue weighted by molar-refractivity contribution is -0.137. The van der Waals surface area contributed by atoms with Crippen LogP contribution in [0.2, 0.25) is 0 Å². The van der Waals surface area contributed by atoms with Crippen molar-refractivity contribution >= 4 is 23.3 Å². The molecule has 122 valence electrons. The van der Waals surface area contributed by atoms with Crippen molar-refractivity contribution < 1.29 is 18.0 Å². The lowest BCUT2D eigenvalue weighted by Crippen LogP contribution is -2.13. The molecule has 0 atom stereocenters. The van der Waals surface area contributed by atoms with E-state index in [1.807, 2.05) is 0 Å². The first-order valence-corrected chi connectivity index (χ1v) is 7.50. The Hall–Kier alpha value is -2.81. The molecule has 0 spiro atoms. The molecule has 2 aromatic heterocycles. The number of carbonyl (C=O) groups excluding carboxylic acids is 1. The molecule has 0 saturated heterocycles. The molecule has 3 rings (SSSR count). The summed E-state index contributed by atoms with van der Waals surface area (Å²) in [5.74, 6) is -0.184. The van der Waals surface area contributed by atoms with Gasteiger partial charge >= 0.3 is 6.18 Å². The highest BCUT2D eigenvalue weighted by Gasteiger charge is 2.30. The zero-order chi connectivity index (χ0) is 17.2. The Morgan fingerprint density at radius 3 is 2.29 bits per heavy atom. The Kier molecular flexibility index (Phi) is 4.26. The van der Waals surface area contributed by atoms with E-state index < -0.39 is 17.6 Å². The van der Waals surface area contributed by atoms with Crippen molar-refractivity contribution in [1.29, 1.82) is 0 Å². The van der Waals surface area contributed by atoms with Crippen molar-refractivity contribution in [3.63, 3.8) is 0 Å². The average Bonchev–Trinajstić information content (AvgIpc) is 3.09. The second-order valence-corrected chi connectivity index (χ2v) is 5.38. The lowest BCUT2D eigenvalue weighted by atomic mass is 10.1. The molecule has 1 aromatic carbocycles. The number of aromatic nitrogens is 3. The molecule has 3 aromatic rings. The number of nitrogens with zero attached hydrogens (tertiary/aromatic N) is 3. The molecular formula is C15H9F3N4OS. The maximum atomic E-state index is 12.5. The molecule has 9 heteroatoms. The number of rotatable bonds is 3. The van der Waals surface area contributed by atoms with Gasteiger partial charge < -0.3 is 5.32 Å². The number of hydrogen-bond acceptors (Lipinski definition) is 5. The van der Waals surface area contributed by atoms with E-state index in [2.05, 4.69) is 19.9 Å². The van der Waals surface area contributed by atoms with Crippen molar-refractivity contribution in [2.24, 2.45) is 0 Å². The molecule has 0 aliphatic carbocycles. The number of halogens is 3. The smallest absolute Gasteiger partial charge is 0.304 e. The third-order valence-electron chi connectivity index (χ3n) is 3.08. The Bertz CT molecular complexity index is 831. The summed E-state index contributed by atoms with van der Waals surface area (Å²) in [7, 11) is 0. The van der Waals surface area contributed by atoms with Crippen LogP contribution in [0, 0.1) is 0 Å². The number of hydrogen-bond donors (Lipinski definition) is 1. The van der Waals surface area contributed by atoms with E-state index in [-0.39, 0.29) is 11.5 Å². The molecule has 0 fully saturated rings. The van der Waals surface area contributed by atoms with Crippen LogP contribution in [0.5, 0.6) is 0 Å². The van der Waals surface area contributed by atoms with Gasteiger partial charge in [-0.2, -0.15) is 17.5 Å². The average molecular weight is 350 g/mol. The van der Waals surface area contributed by atoms with E-state index in [9.17, 15) is 18.0 Å². The van der Waals surface area contributed by atoms with Crippen LogP contribution in [0.3, 0.4) is 0 Å². The maximum Gasteiger partial charge on any atom is 0.416 e. The van der Waals surface area contributed by atoms with Gasteiger partial charge in [0.05, 0.1) is 11.3 Å². The van der Waals surface area contributed by atoms with Crippen LogP contribution in [0.15, 0.2) is 47.8 Å². The minimum Gasteiger partial charge on any atom is -0.304 e. The summed E-state index contributed by atoms with van der Waals surface area (Å²) in [5, 5.41) is 12.0. The molecule has 0 aliphatic heterocycles. The largest absolute Gasteiger partial charge is 0.416 e. The Morgan fingerprint density at radius 2 is 1.75 bits per heavy atom. The van der Waals surface area contributed by atoms with E-state index in [1.165, 1.54) is 18.2 Å². The number of alkyl halides is 3. The Labute approximate surface area is 138 Å². The third kappa shape index (κ3) is 3.57. The summed E-state index contributed by atoms with van der Waals surface area (Å²) in [6.07, 6.45) is -4.38.